The molecule has 3 rings (SSSR count). The molecule has 0 radical (unpaired) electrons. The van der Waals surface area contributed by atoms with Crippen molar-refractivity contribution < 1.29 is 14.4 Å². The van der Waals surface area contributed by atoms with Crippen LogP contribution < -0.4 is 4.90 Å². The van der Waals surface area contributed by atoms with Gasteiger partial charge >= 0.3 is 0 Å². The number of hydrogen-bond donors (Lipinski definition) is 0. The number of imide groups is 1. The van der Waals surface area contributed by atoms with Gasteiger partial charge in [-0.1, -0.05) is 29.8 Å². The lowest BCUT2D eigenvalue weighted by Gasteiger charge is -2.27. The van der Waals surface area contributed by atoms with E-state index in [1.54, 1.807) is 24.3 Å². The van der Waals surface area contributed by atoms with Gasteiger partial charge in [0.05, 0.1) is 11.1 Å². The molecule has 2 aromatic carbocycles. The van der Waals surface area contributed by atoms with Gasteiger partial charge in [-0.15, -0.1) is 0 Å². The summed E-state index contributed by atoms with van der Waals surface area (Å²) in [6, 6.07) is 12.4. The fraction of sp³-hybridized carbons (Fsp3) is 0.211. The molecule has 1 heterocycles. The summed E-state index contributed by atoms with van der Waals surface area (Å²) in [5.74, 6) is -0.961. The van der Waals surface area contributed by atoms with Crippen LogP contribution in [0.1, 0.15) is 38.8 Å². The highest BCUT2D eigenvalue weighted by Gasteiger charge is 2.36. The third-order valence-corrected chi connectivity index (χ3v) is 4.18. The van der Waals surface area contributed by atoms with Crippen LogP contribution >= 0.6 is 0 Å². The Hall–Kier alpha value is -2.95. The van der Waals surface area contributed by atoms with E-state index in [-0.39, 0.29) is 24.4 Å². The summed E-state index contributed by atoms with van der Waals surface area (Å²) < 4.78 is 0. The highest BCUT2D eigenvalue weighted by Crippen LogP contribution is 2.26. The fourth-order valence-corrected chi connectivity index (χ4v) is 2.96. The van der Waals surface area contributed by atoms with Crippen LogP contribution in [0.25, 0.3) is 0 Å². The molecule has 122 valence electrons. The maximum absolute atomic E-state index is 12.5. The number of benzene rings is 2. The molecular weight excluding hydrogens is 304 g/mol. The van der Waals surface area contributed by atoms with E-state index >= 15 is 0 Å². The summed E-state index contributed by atoms with van der Waals surface area (Å²) in [5.41, 5.74) is 3.46. The molecule has 5 heteroatoms. The number of hydrogen-bond acceptors (Lipinski definition) is 3. The third-order valence-electron chi connectivity index (χ3n) is 4.18. The van der Waals surface area contributed by atoms with Crippen molar-refractivity contribution in [3.05, 3.63) is 64.7 Å². The summed E-state index contributed by atoms with van der Waals surface area (Å²) in [5, 5.41) is 0. The van der Waals surface area contributed by atoms with E-state index in [0.717, 1.165) is 16.0 Å². The van der Waals surface area contributed by atoms with Gasteiger partial charge < -0.3 is 0 Å². The zero-order valence-electron chi connectivity index (χ0n) is 13.9. The van der Waals surface area contributed by atoms with E-state index in [1.165, 1.54) is 11.8 Å². The Labute approximate surface area is 140 Å². The number of carbonyl (C=O) groups excluding carboxylic acids is 3. The Morgan fingerprint density at radius 2 is 1.58 bits per heavy atom. The predicted molar refractivity (Wildman–Crippen MR) is 90.9 cm³/mol. The van der Waals surface area contributed by atoms with Crippen LogP contribution in [0.15, 0.2) is 42.5 Å². The van der Waals surface area contributed by atoms with Crippen molar-refractivity contribution in [3.8, 4) is 0 Å². The average molecular weight is 322 g/mol. The lowest BCUT2D eigenvalue weighted by atomic mass is 10.1. The van der Waals surface area contributed by atoms with Crippen molar-refractivity contribution in [3.63, 3.8) is 0 Å². The zero-order chi connectivity index (χ0) is 17.4. The van der Waals surface area contributed by atoms with Crippen molar-refractivity contribution in [2.75, 3.05) is 11.6 Å². The number of anilines is 1. The normalized spacial score (nSPS) is 13.2. The van der Waals surface area contributed by atoms with E-state index in [1.807, 2.05) is 32.0 Å². The van der Waals surface area contributed by atoms with Gasteiger partial charge in [0.1, 0.15) is 6.67 Å². The maximum Gasteiger partial charge on any atom is 0.263 e. The first-order chi connectivity index (χ1) is 11.4. The van der Waals surface area contributed by atoms with Crippen molar-refractivity contribution in [2.24, 2.45) is 0 Å². The van der Waals surface area contributed by atoms with Crippen LogP contribution in [0.4, 0.5) is 5.69 Å². The molecule has 0 spiro atoms. The highest BCUT2D eigenvalue weighted by atomic mass is 16.2. The Morgan fingerprint density at radius 1 is 1.00 bits per heavy atom. The molecule has 0 aliphatic carbocycles. The monoisotopic (exact) mass is 322 g/mol. The third kappa shape index (κ3) is 2.58. The van der Waals surface area contributed by atoms with Crippen LogP contribution in [0, 0.1) is 13.8 Å². The van der Waals surface area contributed by atoms with Gasteiger partial charge in [0, 0.05) is 12.6 Å². The molecule has 3 amide bonds. The second-order valence-corrected chi connectivity index (χ2v) is 5.96. The number of aryl methyl sites for hydroxylation is 2. The van der Waals surface area contributed by atoms with Crippen molar-refractivity contribution in [1.82, 2.24) is 4.90 Å². The average Bonchev–Trinajstić information content (AvgIpc) is 2.78. The first-order valence-electron chi connectivity index (χ1n) is 7.70. The number of amides is 3. The zero-order valence-corrected chi connectivity index (χ0v) is 13.9. The summed E-state index contributed by atoms with van der Waals surface area (Å²) in [6.07, 6.45) is 0. The molecule has 0 aromatic heterocycles. The molecule has 24 heavy (non-hydrogen) atoms. The second kappa shape index (κ2) is 5.92. The van der Waals surface area contributed by atoms with Gasteiger partial charge in [0.2, 0.25) is 5.91 Å². The SMILES string of the molecule is CC(=O)N(CN1C(=O)c2ccccc2C1=O)c1ccc(C)cc1C. The van der Waals surface area contributed by atoms with E-state index in [2.05, 4.69) is 0 Å². The molecule has 0 N–H and O–H groups in total. The van der Waals surface area contributed by atoms with Gasteiger partial charge in [-0.05, 0) is 37.6 Å². The van der Waals surface area contributed by atoms with Crippen LogP contribution in [-0.4, -0.2) is 29.3 Å². The van der Waals surface area contributed by atoms with Crippen LogP contribution in [-0.2, 0) is 4.79 Å². The summed E-state index contributed by atoms with van der Waals surface area (Å²) in [6.45, 7) is 5.21. The van der Waals surface area contributed by atoms with Gasteiger partial charge in [0.25, 0.3) is 11.8 Å². The Bertz CT molecular complexity index is 822. The molecule has 0 fully saturated rings. The smallest absolute Gasteiger partial charge is 0.263 e. The molecule has 0 atom stereocenters. The van der Waals surface area contributed by atoms with Crippen LogP contribution in [0.3, 0.4) is 0 Å². The molecule has 2 aromatic rings. The first-order valence-corrected chi connectivity index (χ1v) is 7.70. The summed E-state index contributed by atoms with van der Waals surface area (Å²) >= 11 is 0. The topological polar surface area (TPSA) is 57.7 Å². The van der Waals surface area contributed by atoms with Gasteiger partial charge in [-0.3, -0.25) is 24.2 Å². The minimum absolute atomic E-state index is 0.0917. The number of fused-ring (bicyclic) bond motifs is 1. The summed E-state index contributed by atoms with van der Waals surface area (Å²) in [4.78, 5) is 39.7. The number of nitrogens with zero attached hydrogens (tertiary/aromatic N) is 2. The largest absolute Gasteiger partial charge is 0.294 e. The van der Waals surface area contributed by atoms with Crippen molar-refractivity contribution >= 4 is 23.4 Å². The first kappa shape index (κ1) is 15.9. The molecular formula is C19H18N2O3. The minimum Gasteiger partial charge on any atom is -0.294 e. The standard InChI is InChI=1S/C19H18N2O3/c1-12-8-9-17(13(2)10-12)20(14(3)22)11-21-18(23)15-6-4-5-7-16(15)19(21)24/h4-10H,11H2,1-3H3. The molecule has 0 saturated heterocycles. The van der Waals surface area contributed by atoms with Crippen LogP contribution in [0.5, 0.6) is 0 Å². The summed E-state index contributed by atoms with van der Waals surface area (Å²) in [7, 11) is 0. The molecule has 0 saturated carbocycles. The fourth-order valence-electron chi connectivity index (χ4n) is 2.96. The van der Waals surface area contributed by atoms with Crippen molar-refractivity contribution in [2.45, 2.75) is 20.8 Å². The van der Waals surface area contributed by atoms with Gasteiger partial charge in [-0.25, -0.2) is 0 Å². The van der Waals surface area contributed by atoms with E-state index < -0.39 is 0 Å². The molecule has 0 unspecified atom stereocenters. The number of rotatable bonds is 3. The Morgan fingerprint density at radius 3 is 2.08 bits per heavy atom. The van der Waals surface area contributed by atoms with Crippen molar-refractivity contribution in [1.29, 1.82) is 0 Å². The molecule has 1 aliphatic heterocycles. The lowest BCUT2D eigenvalue weighted by Crippen LogP contribution is -2.43. The Kier molecular flexibility index (Phi) is 3.93. The quantitative estimate of drug-likeness (QED) is 0.817. The van der Waals surface area contributed by atoms with Crippen LogP contribution in [0.2, 0.25) is 0 Å². The molecule has 1 aliphatic rings. The van der Waals surface area contributed by atoms with Gasteiger partial charge in [-0.2, -0.15) is 0 Å². The van der Waals surface area contributed by atoms with E-state index in [0.29, 0.717) is 16.8 Å². The highest BCUT2D eigenvalue weighted by molar-refractivity contribution is 6.21. The maximum atomic E-state index is 12.5. The van der Waals surface area contributed by atoms with E-state index in [9.17, 15) is 14.4 Å². The number of carbonyl (C=O) groups is 3. The minimum atomic E-state index is -0.369. The second-order valence-electron chi connectivity index (χ2n) is 5.96. The Balaban J connectivity index is 1.95. The van der Waals surface area contributed by atoms with Gasteiger partial charge in [0.15, 0.2) is 0 Å². The predicted octanol–water partition coefficient (Wildman–Crippen LogP) is 2.91. The lowest BCUT2D eigenvalue weighted by molar-refractivity contribution is -0.116. The molecule has 0 bridgehead atoms. The molecule has 5 nitrogen and oxygen atoms in total. The van der Waals surface area contributed by atoms with E-state index in [4.69, 9.17) is 0 Å².